The molecule has 0 saturated heterocycles. The Balaban J connectivity index is 1.84. The van der Waals surface area contributed by atoms with Crippen LogP contribution in [-0.2, 0) is 11.2 Å². The molecule has 0 bridgehead atoms. The van der Waals surface area contributed by atoms with Crippen molar-refractivity contribution >= 4 is 17.5 Å². The second-order valence-electron chi connectivity index (χ2n) is 5.57. The first-order chi connectivity index (χ1) is 12.0. The predicted molar refractivity (Wildman–Crippen MR) is 92.7 cm³/mol. The monoisotopic (exact) mass is 358 g/mol. The minimum atomic E-state index is -0.538. The van der Waals surface area contributed by atoms with Gasteiger partial charge in [0, 0.05) is 10.6 Å². The SMILES string of the molecule is Cc1nc(C(NC(=O)Cc2c(F)cccc2Cl)c2ccccc2)n[nH]1. The standard InChI is InChI=1S/C18H16ClFN4O/c1-11-21-18(24-23-11)17(12-6-3-2-4-7-12)22-16(25)10-13-14(19)8-5-9-15(13)20/h2-9,17H,10H2,1H3,(H,22,25)(H,21,23,24). The van der Waals surface area contributed by atoms with E-state index in [0.29, 0.717) is 11.6 Å². The van der Waals surface area contributed by atoms with E-state index >= 15 is 0 Å². The van der Waals surface area contributed by atoms with E-state index in [1.165, 1.54) is 12.1 Å². The smallest absolute Gasteiger partial charge is 0.225 e. The van der Waals surface area contributed by atoms with Crippen molar-refractivity contribution in [3.63, 3.8) is 0 Å². The molecule has 0 saturated carbocycles. The van der Waals surface area contributed by atoms with Gasteiger partial charge in [-0.1, -0.05) is 48.0 Å². The third-order valence-electron chi connectivity index (χ3n) is 3.71. The lowest BCUT2D eigenvalue weighted by Gasteiger charge is -2.17. The average Bonchev–Trinajstić information content (AvgIpc) is 3.03. The maximum absolute atomic E-state index is 13.9. The summed E-state index contributed by atoms with van der Waals surface area (Å²) >= 11 is 6.00. The highest BCUT2D eigenvalue weighted by molar-refractivity contribution is 6.31. The number of nitrogens with zero attached hydrogens (tertiary/aromatic N) is 2. The molecule has 1 heterocycles. The third-order valence-corrected chi connectivity index (χ3v) is 4.06. The van der Waals surface area contributed by atoms with Gasteiger partial charge in [0.25, 0.3) is 0 Å². The molecule has 128 valence electrons. The van der Waals surface area contributed by atoms with Gasteiger partial charge >= 0.3 is 0 Å². The molecular formula is C18H16ClFN4O. The highest BCUT2D eigenvalue weighted by atomic mass is 35.5. The summed E-state index contributed by atoms with van der Waals surface area (Å²) in [6.07, 6.45) is -0.168. The molecule has 0 aliphatic rings. The van der Waals surface area contributed by atoms with E-state index in [1.54, 1.807) is 13.0 Å². The van der Waals surface area contributed by atoms with E-state index in [1.807, 2.05) is 30.3 Å². The summed E-state index contributed by atoms with van der Waals surface area (Å²) in [6.45, 7) is 1.78. The van der Waals surface area contributed by atoms with Crippen molar-refractivity contribution in [2.75, 3.05) is 0 Å². The fourth-order valence-electron chi connectivity index (χ4n) is 2.51. The van der Waals surface area contributed by atoms with E-state index in [-0.39, 0.29) is 22.9 Å². The second-order valence-corrected chi connectivity index (χ2v) is 5.97. The van der Waals surface area contributed by atoms with Crippen molar-refractivity contribution in [2.45, 2.75) is 19.4 Å². The number of hydrogen-bond donors (Lipinski definition) is 2. The van der Waals surface area contributed by atoms with Crippen LogP contribution >= 0.6 is 11.6 Å². The molecule has 1 unspecified atom stereocenters. The van der Waals surface area contributed by atoms with Gasteiger partial charge in [0.2, 0.25) is 5.91 Å². The molecule has 1 aromatic heterocycles. The minimum Gasteiger partial charge on any atom is -0.342 e. The second kappa shape index (κ2) is 7.44. The first kappa shape index (κ1) is 17.1. The Kier molecular flexibility index (Phi) is 5.09. The zero-order valence-electron chi connectivity index (χ0n) is 13.5. The lowest BCUT2D eigenvalue weighted by atomic mass is 10.1. The van der Waals surface area contributed by atoms with Crippen LogP contribution in [0.25, 0.3) is 0 Å². The topological polar surface area (TPSA) is 70.7 Å². The maximum atomic E-state index is 13.9. The summed E-state index contributed by atoms with van der Waals surface area (Å²) in [5.41, 5.74) is 0.995. The number of halogens is 2. The van der Waals surface area contributed by atoms with Crippen molar-refractivity contribution in [2.24, 2.45) is 0 Å². The molecule has 0 aliphatic carbocycles. The lowest BCUT2D eigenvalue weighted by Crippen LogP contribution is -2.31. The largest absolute Gasteiger partial charge is 0.342 e. The van der Waals surface area contributed by atoms with Crippen molar-refractivity contribution in [1.82, 2.24) is 20.5 Å². The van der Waals surface area contributed by atoms with Gasteiger partial charge in [0.1, 0.15) is 17.7 Å². The Morgan fingerprint density at radius 3 is 2.64 bits per heavy atom. The van der Waals surface area contributed by atoms with Crippen molar-refractivity contribution < 1.29 is 9.18 Å². The molecule has 0 fully saturated rings. The van der Waals surface area contributed by atoms with Crippen LogP contribution in [0.5, 0.6) is 0 Å². The Hall–Kier alpha value is -2.73. The number of aryl methyl sites for hydroxylation is 1. The lowest BCUT2D eigenvalue weighted by molar-refractivity contribution is -0.121. The predicted octanol–water partition coefficient (Wildman–Crippen LogP) is 3.35. The number of benzene rings is 2. The average molecular weight is 359 g/mol. The number of H-pyrrole nitrogens is 1. The molecule has 0 radical (unpaired) electrons. The first-order valence-electron chi connectivity index (χ1n) is 7.70. The molecule has 2 N–H and O–H groups in total. The maximum Gasteiger partial charge on any atom is 0.225 e. The number of aromatic nitrogens is 3. The summed E-state index contributed by atoms with van der Waals surface area (Å²) in [7, 11) is 0. The third kappa shape index (κ3) is 4.03. The zero-order chi connectivity index (χ0) is 17.8. The molecule has 5 nitrogen and oxygen atoms in total. The summed E-state index contributed by atoms with van der Waals surface area (Å²) in [5, 5.41) is 9.98. The highest BCUT2D eigenvalue weighted by Crippen LogP contribution is 2.22. The number of amides is 1. The van der Waals surface area contributed by atoms with E-state index in [0.717, 1.165) is 5.56 Å². The van der Waals surface area contributed by atoms with E-state index in [4.69, 9.17) is 11.6 Å². The summed E-state index contributed by atoms with van der Waals surface area (Å²) < 4.78 is 13.9. The molecule has 25 heavy (non-hydrogen) atoms. The number of rotatable bonds is 5. The first-order valence-corrected chi connectivity index (χ1v) is 8.08. The van der Waals surface area contributed by atoms with Crippen molar-refractivity contribution in [1.29, 1.82) is 0 Å². The molecular weight excluding hydrogens is 343 g/mol. The number of carbonyl (C=O) groups excluding carboxylic acids is 1. The van der Waals surface area contributed by atoms with Crippen molar-refractivity contribution in [3.05, 3.63) is 82.1 Å². The van der Waals surface area contributed by atoms with Crippen molar-refractivity contribution in [3.8, 4) is 0 Å². The Morgan fingerprint density at radius 2 is 2.00 bits per heavy atom. The Labute approximate surface area is 149 Å². The van der Waals surface area contributed by atoms with E-state index in [2.05, 4.69) is 20.5 Å². The van der Waals surface area contributed by atoms with Crippen LogP contribution in [0.15, 0.2) is 48.5 Å². The summed E-state index contributed by atoms with van der Waals surface area (Å²) in [4.78, 5) is 16.8. The molecule has 7 heteroatoms. The van der Waals surface area contributed by atoms with Crippen LogP contribution in [0.3, 0.4) is 0 Å². The molecule has 1 atom stereocenters. The van der Waals surface area contributed by atoms with Gasteiger partial charge in [0.15, 0.2) is 5.82 Å². The fourth-order valence-corrected chi connectivity index (χ4v) is 2.74. The zero-order valence-corrected chi connectivity index (χ0v) is 14.2. The Bertz CT molecular complexity index is 862. The minimum absolute atomic E-state index is 0.166. The Morgan fingerprint density at radius 1 is 1.24 bits per heavy atom. The molecule has 3 rings (SSSR count). The van der Waals surface area contributed by atoms with Crippen LogP contribution in [-0.4, -0.2) is 21.1 Å². The normalized spacial score (nSPS) is 12.0. The van der Waals surface area contributed by atoms with Gasteiger partial charge in [-0.25, -0.2) is 9.37 Å². The van der Waals surface area contributed by atoms with Crippen LogP contribution < -0.4 is 5.32 Å². The van der Waals surface area contributed by atoms with Crippen LogP contribution in [0, 0.1) is 12.7 Å². The molecule has 2 aromatic carbocycles. The van der Waals surface area contributed by atoms with Gasteiger partial charge < -0.3 is 5.32 Å². The molecule has 0 aliphatic heterocycles. The van der Waals surface area contributed by atoms with E-state index < -0.39 is 11.9 Å². The number of aromatic amines is 1. The highest BCUT2D eigenvalue weighted by Gasteiger charge is 2.22. The molecule has 3 aromatic rings. The molecule has 1 amide bonds. The fraction of sp³-hybridized carbons (Fsp3) is 0.167. The van der Waals surface area contributed by atoms with Gasteiger partial charge in [-0.3, -0.25) is 9.89 Å². The number of hydrogen-bond acceptors (Lipinski definition) is 3. The van der Waals surface area contributed by atoms with Crippen LogP contribution in [0.4, 0.5) is 4.39 Å². The van der Waals surface area contributed by atoms with Gasteiger partial charge in [-0.15, -0.1) is 0 Å². The van der Waals surface area contributed by atoms with Gasteiger partial charge in [-0.2, -0.15) is 5.10 Å². The summed E-state index contributed by atoms with van der Waals surface area (Å²) in [5.74, 6) is 0.204. The number of nitrogens with one attached hydrogen (secondary N) is 2. The molecule has 0 spiro atoms. The van der Waals surface area contributed by atoms with Gasteiger partial charge in [-0.05, 0) is 24.6 Å². The van der Waals surface area contributed by atoms with Crippen LogP contribution in [0.2, 0.25) is 5.02 Å². The van der Waals surface area contributed by atoms with Gasteiger partial charge in [0.05, 0.1) is 6.42 Å². The van der Waals surface area contributed by atoms with Crippen LogP contribution in [0.1, 0.15) is 28.8 Å². The van der Waals surface area contributed by atoms with E-state index in [9.17, 15) is 9.18 Å². The number of carbonyl (C=O) groups is 1. The quantitative estimate of drug-likeness (QED) is 0.734. The summed E-state index contributed by atoms with van der Waals surface area (Å²) in [6, 6.07) is 13.1.